The van der Waals surface area contributed by atoms with Crippen LogP contribution in [-0.2, 0) is 19.2 Å². The van der Waals surface area contributed by atoms with Crippen molar-refractivity contribution in [3.05, 3.63) is 41.5 Å². The van der Waals surface area contributed by atoms with Crippen LogP contribution in [0.4, 0.5) is 0 Å². The standard InChI is InChI=1S/C23H24N2O8/c1-8-9-5-4-6-11(27)13(9)18(28)14-12(8)10(7-26)16-17(25(2)3)19(29)15(22(24)32)21(31)23(16,33)20(14)30/h4-7,10,12,15-17,19,27-29,33H,1H2,2-3H3,(H2,24,32)/t10-,12-,15?,16-,17-,19?,23-/m0/s1. The molecular weight excluding hydrogens is 432 g/mol. The van der Waals surface area contributed by atoms with Crippen molar-refractivity contribution in [2.24, 2.45) is 29.4 Å². The SMILES string of the molecule is C=C1c2cccc(O)c2C(O)=C2C(=O)[C@]3(O)C(=O)C(C(N)=O)C(O)[C@@H](N(C)C)[C@@H]3[C@@H](C=O)[C@H]12. The molecule has 0 bridgehead atoms. The number of Topliss-reactive ketones (excluding diaryl/α,β-unsaturated/α-hetero) is 2. The Balaban J connectivity index is 2.06. The van der Waals surface area contributed by atoms with Crippen molar-refractivity contribution in [2.75, 3.05) is 14.1 Å². The minimum Gasteiger partial charge on any atom is -0.507 e. The lowest BCUT2D eigenvalue weighted by molar-refractivity contribution is -0.189. The number of fused-ring (bicyclic) bond motifs is 3. The van der Waals surface area contributed by atoms with Crippen molar-refractivity contribution in [3.8, 4) is 5.75 Å². The van der Waals surface area contributed by atoms with Crippen LogP contribution in [0.1, 0.15) is 11.1 Å². The van der Waals surface area contributed by atoms with E-state index in [-0.39, 0.29) is 16.9 Å². The van der Waals surface area contributed by atoms with Crippen molar-refractivity contribution in [1.82, 2.24) is 4.90 Å². The van der Waals surface area contributed by atoms with E-state index in [2.05, 4.69) is 6.58 Å². The first kappa shape index (κ1) is 22.8. The fourth-order valence-corrected chi connectivity index (χ4v) is 5.84. The normalized spacial score (nSPS) is 35.7. The quantitative estimate of drug-likeness (QED) is 0.282. The molecule has 0 saturated heterocycles. The number of benzene rings is 1. The van der Waals surface area contributed by atoms with Gasteiger partial charge >= 0.3 is 0 Å². The Hall–Kier alpha value is -3.34. The van der Waals surface area contributed by atoms with Crippen LogP contribution >= 0.6 is 0 Å². The van der Waals surface area contributed by atoms with Crippen LogP contribution in [0.3, 0.4) is 0 Å². The van der Waals surface area contributed by atoms with E-state index in [0.29, 0.717) is 11.8 Å². The van der Waals surface area contributed by atoms with Crippen LogP contribution in [0.25, 0.3) is 11.3 Å². The van der Waals surface area contributed by atoms with Crippen molar-refractivity contribution in [3.63, 3.8) is 0 Å². The summed E-state index contributed by atoms with van der Waals surface area (Å²) in [5.41, 5.74) is 2.34. The smallest absolute Gasteiger partial charge is 0.230 e. The lowest BCUT2D eigenvalue weighted by atomic mass is 9.50. The summed E-state index contributed by atoms with van der Waals surface area (Å²) in [7, 11) is 3.00. The molecule has 0 heterocycles. The summed E-state index contributed by atoms with van der Waals surface area (Å²) in [5.74, 6) is -10.7. The van der Waals surface area contributed by atoms with Gasteiger partial charge in [-0.3, -0.25) is 14.4 Å². The van der Waals surface area contributed by atoms with E-state index in [9.17, 15) is 39.6 Å². The number of primary amides is 1. The zero-order valence-electron chi connectivity index (χ0n) is 17.9. The third-order valence-corrected chi connectivity index (χ3v) is 7.22. The molecule has 7 atom stereocenters. The summed E-state index contributed by atoms with van der Waals surface area (Å²) in [6, 6.07) is 3.14. The molecule has 2 saturated carbocycles. The Morgan fingerprint density at radius 1 is 1.24 bits per heavy atom. The molecule has 6 N–H and O–H groups in total. The van der Waals surface area contributed by atoms with Gasteiger partial charge in [0, 0.05) is 29.4 Å². The number of aliphatic hydroxyl groups excluding tert-OH is 2. The van der Waals surface area contributed by atoms with Gasteiger partial charge in [-0.25, -0.2) is 0 Å². The van der Waals surface area contributed by atoms with Gasteiger partial charge < -0.3 is 35.9 Å². The monoisotopic (exact) mass is 456 g/mol. The molecule has 3 aliphatic carbocycles. The van der Waals surface area contributed by atoms with Gasteiger partial charge in [0.25, 0.3) is 0 Å². The highest BCUT2D eigenvalue weighted by Crippen LogP contribution is 2.57. The Bertz CT molecular complexity index is 1160. The summed E-state index contributed by atoms with van der Waals surface area (Å²) in [6.45, 7) is 3.98. The summed E-state index contributed by atoms with van der Waals surface area (Å²) in [6.07, 6.45) is -1.25. The second-order valence-corrected chi connectivity index (χ2v) is 8.99. The number of amides is 1. The van der Waals surface area contributed by atoms with Gasteiger partial charge in [-0.1, -0.05) is 18.7 Å². The first-order valence-corrected chi connectivity index (χ1v) is 10.3. The largest absolute Gasteiger partial charge is 0.507 e. The number of carbonyl (C=O) groups is 4. The maximum atomic E-state index is 13.7. The molecule has 10 nitrogen and oxygen atoms in total. The molecule has 0 aliphatic heterocycles. The third kappa shape index (κ3) is 2.71. The highest BCUT2D eigenvalue weighted by atomic mass is 16.3. The lowest BCUT2D eigenvalue weighted by Gasteiger charge is -2.56. The summed E-state index contributed by atoms with van der Waals surface area (Å²) < 4.78 is 0. The van der Waals surface area contributed by atoms with Gasteiger partial charge in [-0.15, -0.1) is 0 Å². The summed E-state index contributed by atoms with van der Waals surface area (Å²) >= 11 is 0. The zero-order valence-corrected chi connectivity index (χ0v) is 17.9. The average Bonchev–Trinajstić information content (AvgIpc) is 2.73. The topological polar surface area (TPSA) is 178 Å². The van der Waals surface area contributed by atoms with Crippen LogP contribution < -0.4 is 5.73 Å². The predicted octanol–water partition coefficient (Wildman–Crippen LogP) is -0.975. The minimum atomic E-state index is -2.93. The number of carbonyl (C=O) groups excluding carboxylic acids is 4. The number of ketones is 2. The van der Waals surface area contributed by atoms with E-state index in [4.69, 9.17) is 5.73 Å². The van der Waals surface area contributed by atoms with Crippen LogP contribution in [0.2, 0.25) is 0 Å². The van der Waals surface area contributed by atoms with E-state index in [0.717, 1.165) is 0 Å². The number of aromatic hydroxyl groups is 1. The molecule has 33 heavy (non-hydrogen) atoms. The van der Waals surface area contributed by atoms with Crippen LogP contribution in [0, 0.1) is 23.7 Å². The third-order valence-electron chi connectivity index (χ3n) is 7.22. The van der Waals surface area contributed by atoms with Crippen molar-refractivity contribution in [2.45, 2.75) is 17.7 Å². The molecule has 4 rings (SSSR count). The van der Waals surface area contributed by atoms with E-state index < -0.39 is 70.2 Å². The molecule has 1 aromatic carbocycles. The number of rotatable bonds is 3. The Labute approximate surface area is 188 Å². The number of hydrogen-bond acceptors (Lipinski definition) is 9. The maximum Gasteiger partial charge on any atom is 0.230 e. The fourth-order valence-electron chi connectivity index (χ4n) is 5.84. The van der Waals surface area contributed by atoms with Gasteiger partial charge in [-0.2, -0.15) is 0 Å². The van der Waals surface area contributed by atoms with E-state index >= 15 is 0 Å². The molecule has 174 valence electrons. The maximum absolute atomic E-state index is 13.7. The minimum absolute atomic E-state index is 0.118. The van der Waals surface area contributed by atoms with Gasteiger partial charge in [0.05, 0.1) is 11.7 Å². The molecular formula is C23H24N2O8. The number of allylic oxidation sites excluding steroid dienone is 1. The average molecular weight is 456 g/mol. The van der Waals surface area contributed by atoms with Crippen LogP contribution in [-0.4, -0.2) is 80.9 Å². The molecule has 1 aromatic rings. The highest BCUT2D eigenvalue weighted by Gasteiger charge is 2.70. The lowest BCUT2D eigenvalue weighted by Crippen LogP contribution is -2.75. The highest BCUT2D eigenvalue weighted by molar-refractivity contribution is 6.26. The second kappa shape index (κ2) is 7.34. The van der Waals surface area contributed by atoms with Crippen LogP contribution in [0.5, 0.6) is 5.75 Å². The van der Waals surface area contributed by atoms with E-state index in [1.54, 1.807) is 6.07 Å². The summed E-state index contributed by atoms with van der Waals surface area (Å²) in [5, 5.41) is 43.8. The molecule has 3 aliphatic rings. The number of phenolic OH excluding ortho intramolecular Hbond substituents is 1. The van der Waals surface area contributed by atoms with Crippen molar-refractivity contribution < 1.29 is 39.6 Å². The first-order valence-electron chi connectivity index (χ1n) is 10.3. The van der Waals surface area contributed by atoms with Gasteiger partial charge in [-0.05, 0) is 31.3 Å². The number of likely N-dealkylation sites (N-methyl/N-ethyl adjacent to an activating group) is 1. The molecule has 0 radical (unpaired) electrons. The van der Waals surface area contributed by atoms with Crippen molar-refractivity contribution >= 4 is 35.1 Å². The van der Waals surface area contributed by atoms with Gasteiger partial charge in [0.1, 0.15) is 23.7 Å². The Morgan fingerprint density at radius 3 is 2.42 bits per heavy atom. The van der Waals surface area contributed by atoms with E-state index in [1.165, 1.54) is 31.1 Å². The van der Waals surface area contributed by atoms with Crippen LogP contribution in [0.15, 0.2) is 30.4 Å². The first-order chi connectivity index (χ1) is 15.4. The number of aliphatic hydroxyl groups is 3. The number of nitrogens with two attached hydrogens (primary N) is 1. The Kier molecular flexibility index (Phi) is 5.08. The predicted molar refractivity (Wildman–Crippen MR) is 114 cm³/mol. The number of hydrogen-bond donors (Lipinski definition) is 5. The molecule has 2 fully saturated rings. The number of aldehydes is 1. The zero-order chi connectivity index (χ0) is 24.6. The molecule has 1 amide bonds. The second-order valence-electron chi connectivity index (χ2n) is 8.99. The Morgan fingerprint density at radius 2 is 1.88 bits per heavy atom. The number of nitrogens with zero attached hydrogens (tertiary/aromatic N) is 1. The van der Waals surface area contributed by atoms with Crippen molar-refractivity contribution in [1.29, 1.82) is 0 Å². The number of phenols is 1. The molecule has 0 spiro atoms. The molecule has 2 unspecified atom stereocenters. The fraction of sp³-hybridized carbons (Fsp3) is 0.391. The summed E-state index contributed by atoms with van der Waals surface area (Å²) in [4.78, 5) is 52.9. The molecule has 0 aromatic heterocycles. The van der Waals surface area contributed by atoms with Gasteiger partial charge in [0.15, 0.2) is 11.4 Å². The van der Waals surface area contributed by atoms with E-state index in [1.807, 2.05) is 0 Å². The molecule has 10 heteroatoms. The van der Waals surface area contributed by atoms with Gasteiger partial charge in [0.2, 0.25) is 11.7 Å².